The molecule has 4 nitrogen and oxygen atoms in total. The van der Waals surface area contributed by atoms with Crippen molar-refractivity contribution in [1.29, 1.82) is 0 Å². The Kier molecular flexibility index (Phi) is 4.83. The summed E-state index contributed by atoms with van der Waals surface area (Å²) in [5.41, 5.74) is 0.455. The van der Waals surface area contributed by atoms with Gasteiger partial charge in [-0.25, -0.2) is 4.39 Å². The number of halogens is 1. The van der Waals surface area contributed by atoms with E-state index in [0.29, 0.717) is 0 Å². The van der Waals surface area contributed by atoms with Crippen LogP contribution in [0.3, 0.4) is 0 Å². The lowest BCUT2D eigenvalue weighted by atomic mass is 9.95. The Morgan fingerprint density at radius 1 is 1.24 bits per heavy atom. The molecule has 0 N–H and O–H groups in total. The quantitative estimate of drug-likeness (QED) is 0.798. The molecule has 5 heteroatoms. The van der Waals surface area contributed by atoms with Gasteiger partial charge in [-0.3, -0.25) is 9.69 Å². The molecule has 1 fully saturated rings. The molecule has 1 aliphatic rings. The Bertz CT molecular complexity index is 484. The maximum Gasteiger partial charge on any atom is 0.325 e. The summed E-state index contributed by atoms with van der Waals surface area (Å²) in [7, 11) is 1.44. The van der Waals surface area contributed by atoms with Gasteiger partial charge in [0.2, 0.25) is 0 Å². The van der Waals surface area contributed by atoms with Gasteiger partial charge in [-0.15, -0.1) is 0 Å². The van der Waals surface area contributed by atoms with Gasteiger partial charge < -0.3 is 9.64 Å². The second kappa shape index (κ2) is 6.43. The Morgan fingerprint density at radius 2 is 1.81 bits per heavy atom. The summed E-state index contributed by atoms with van der Waals surface area (Å²) < 4.78 is 17.9. The zero-order chi connectivity index (χ0) is 15.5. The van der Waals surface area contributed by atoms with Crippen LogP contribution in [0.4, 0.5) is 10.1 Å². The van der Waals surface area contributed by atoms with Gasteiger partial charge in [0.15, 0.2) is 0 Å². The number of anilines is 1. The Balaban J connectivity index is 2.02. The van der Waals surface area contributed by atoms with Gasteiger partial charge in [0, 0.05) is 31.9 Å². The molecule has 1 aliphatic heterocycles. The lowest BCUT2D eigenvalue weighted by molar-refractivity contribution is -0.155. The van der Waals surface area contributed by atoms with Crippen LogP contribution in [-0.4, -0.2) is 49.7 Å². The maximum absolute atomic E-state index is 13.0. The molecule has 2 rings (SSSR count). The molecule has 0 radical (unpaired) electrons. The van der Waals surface area contributed by atoms with Crippen molar-refractivity contribution >= 4 is 11.7 Å². The van der Waals surface area contributed by atoms with Gasteiger partial charge in [-0.2, -0.15) is 0 Å². The summed E-state index contributed by atoms with van der Waals surface area (Å²) >= 11 is 0. The third-order valence-electron chi connectivity index (χ3n) is 4.48. The van der Waals surface area contributed by atoms with E-state index in [0.717, 1.165) is 38.3 Å². The van der Waals surface area contributed by atoms with Gasteiger partial charge >= 0.3 is 5.97 Å². The molecule has 0 bridgehead atoms. The van der Waals surface area contributed by atoms with E-state index in [2.05, 4.69) is 9.80 Å². The number of rotatable bonds is 4. The molecule has 1 heterocycles. The average molecular weight is 294 g/mol. The van der Waals surface area contributed by atoms with Crippen molar-refractivity contribution in [3.05, 3.63) is 30.1 Å². The molecule has 0 amide bonds. The number of esters is 1. The first kappa shape index (κ1) is 15.8. The highest BCUT2D eigenvalue weighted by Crippen LogP contribution is 2.25. The fraction of sp³-hybridized carbons (Fsp3) is 0.562. The summed E-state index contributed by atoms with van der Waals surface area (Å²) in [5.74, 6) is -0.401. The summed E-state index contributed by atoms with van der Waals surface area (Å²) in [4.78, 5) is 16.4. The molecule has 0 aromatic heterocycles. The molecule has 116 valence electrons. The SMILES string of the molecule is CCC(C)(C(=O)OC)N1CCN(c2ccc(F)cc2)CC1. The third-order valence-corrected chi connectivity index (χ3v) is 4.48. The van der Waals surface area contributed by atoms with E-state index in [9.17, 15) is 9.18 Å². The molecule has 21 heavy (non-hydrogen) atoms. The number of hydrogen-bond acceptors (Lipinski definition) is 4. The number of benzene rings is 1. The molecule has 1 aromatic rings. The van der Waals surface area contributed by atoms with E-state index in [-0.39, 0.29) is 11.8 Å². The summed E-state index contributed by atoms with van der Waals surface area (Å²) in [6, 6.07) is 6.55. The molecule has 0 spiro atoms. The standard InChI is InChI=1S/C16H23FN2O2/c1-4-16(2,15(20)21-3)19-11-9-18(10-12-19)14-7-5-13(17)6-8-14/h5-8H,4,9-12H2,1-3H3. The highest BCUT2D eigenvalue weighted by molar-refractivity contribution is 5.80. The lowest BCUT2D eigenvalue weighted by Gasteiger charge is -2.44. The molecular weight excluding hydrogens is 271 g/mol. The zero-order valence-electron chi connectivity index (χ0n) is 12.9. The van der Waals surface area contributed by atoms with Crippen molar-refractivity contribution in [3.63, 3.8) is 0 Å². The molecule has 1 unspecified atom stereocenters. The molecule has 1 aromatic carbocycles. The van der Waals surface area contributed by atoms with Crippen molar-refractivity contribution in [2.75, 3.05) is 38.2 Å². The van der Waals surface area contributed by atoms with Crippen molar-refractivity contribution in [1.82, 2.24) is 4.90 Å². The minimum atomic E-state index is -0.566. The first-order valence-corrected chi connectivity index (χ1v) is 7.35. The van der Waals surface area contributed by atoms with Crippen LogP contribution in [0.5, 0.6) is 0 Å². The minimum Gasteiger partial charge on any atom is -0.468 e. The van der Waals surface area contributed by atoms with Gasteiger partial charge in [0.1, 0.15) is 11.4 Å². The fourth-order valence-electron chi connectivity index (χ4n) is 2.83. The van der Waals surface area contributed by atoms with Crippen molar-refractivity contribution in [3.8, 4) is 0 Å². The molecule has 0 aliphatic carbocycles. The van der Waals surface area contributed by atoms with E-state index in [4.69, 9.17) is 4.74 Å². The van der Waals surface area contributed by atoms with Crippen LogP contribution in [0.25, 0.3) is 0 Å². The smallest absolute Gasteiger partial charge is 0.325 e. The Labute approximate surface area is 125 Å². The molecule has 1 saturated heterocycles. The number of hydrogen-bond donors (Lipinski definition) is 0. The van der Waals surface area contributed by atoms with E-state index < -0.39 is 5.54 Å². The van der Waals surface area contributed by atoms with E-state index in [1.165, 1.54) is 19.2 Å². The van der Waals surface area contributed by atoms with E-state index in [1.54, 1.807) is 12.1 Å². The topological polar surface area (TPSA) is 32.8 Å². The van der Waals surface area contributed by atoms with Crippen LogP contribution < -0.4 is 4.90 Å². The number of carbonyl (C=O) groups excluding carboxylic acids is 1. The van der Waals surface area contributed by atoms with Gasteiger partial charge in [-0.1, -0.05) is 6.92 Å². The van der Waals surface area contributed by atoms with E-state index in [1.807, 2.05) is 13.8 Å². The van der Waals surface area contributed by atoms with Crippen LogP contribution >= 0.6 is 0 Å². The van der Waals surface area contributed by atoms with Gasteiger partial charge in [0.25, 0.3) is 0 Å². The van der Waals surface area contributed by atoms with E-state index >= 15 is 0 Å². The fourth-order valence-corrected chi connectivity index (χ4v) is 2.83. The number of carbonyl (C=O) groups is 1. The predicted molar refractivity (Wildman–Crippen MR) is 80.9 cm³/mol. The second-order valence-electron chi connectivity index (χ2n) is 5.57. The largest absolute Gasteiger partial charge is 0.468 e. The number of ether oxygens (including phenoxy) is 1. The van der Waals surface area contributed by atoms with Crippen LogP contribution in [0.2, 0.25) is 0 Å². The number of methoxy groups -OCH3 is 1. The highest BCUT2D eigenvalue weighted by Gasteiger charge is 2.40. The Morgan fingerprint density at radius 3 is 2.29 bits per heavy atom. The van der Waals surface area contributed by atoms with Crippen molar-refractivity contribution in [2.45, 2.75) is 25.8 Å². The molecular formula is C16H23FN2O2. The first-order chi connectivity index (χ1) is 10.0. The molecule has 1 atom stereocenters. The second-order valence-corrected chi connectivity index (χ2v) is 5.57. The number of nitrogens with zero attached hydrogens (tertiary/aromatic N) is 2. The monoisotopic (exact) mass is 294 g/mol. The zero-order valence-corrected chi connectivity index (χ0v) is 12.9. The average Bonchev–Trinajstić information content (AvgIpc) is 2.54. The van der Waals surface area contributed by atoms with Crippen molar-refractivity contribution < 1.29 is 13.9 Å². The van der Waals surface area contributed by atoms with Crippen molar-refractivity contribution in [2.24, 2.45) is 0 Å². The van der Waals surface area contributed by atoms with Crippen LogP contribution in [0, 0.1) is 5.82 Å². The third kappa shape index (κ3) is 3.18. The summed E-state index contributed by atoms with van der Waals surface area (Å²) in [5, 5.41) is 0. The van der Waals surface area contributed by atoms with Gasteiger partial charge in [-0.05, 0) is 37.6 Å². The number of piperazine rings is 1. The van der Waals surface area contributed by atoms with Crippen LogP contribution in [0.1, 0.15) is 20.3 Å². The van der Waals surface area contributed by atoms with Crippen LogP contribution in [-0.2, 0) is 9.53 Å². The predicted octanol–water partition coefficient (Wildman–Crippen LogP) is 2.29. The van der Waals surface area contributed by atoms with Gasteiger partial charge in [0.05, 0.1) is 7.11 Å². The normalized spacial score (nSPS) is 19.1. The minimum absolute atomic E-state index is 0.180. The first-order valence-electron chi connectivity index (χ1n) is 7.35. The van der Waals surface area contributed by atoms with Crippen LogP contribution in [0.15, 0.2) is 24.3 Å². The lowest BCUT2D eigenvalue weighted by Crippen LogP contribution is -2.59. The molecule has 0 saturated carbocycles. The summed E-state index contributed by atoms with van der Waals surface area (Å²) in [6.07, 6.45) is 0.718. The Hall–Kier alpha value is -1.62. The highest BCUT2D eigenvalue weighted by atomic mass is 19.1. The summed E-state index contributed by atoms with van der Waals surface area (Å²) in [6.45, 7) is 7.15. The maximum atomic E-state index is 13.0.